The molecule has 3 aromatic carbocycles. The number of hydrogen-bond donors (Lipinski definition) is 0. The van der Waals surface area contributed by atoms with Crippen LogP contribution in [0.2, 0.25) is 0 Å². The Hall–Kier alpha value is -4.25. The predicted octanol–water partition coefficient (Wildman–Crippen LogP) is 6.41. The molecule has 0 saturated heterocycles. The van der Waals surface area contributed by atoms with Gasteiger partial charge in [0, 0.05) is 23.7 Å². The smallest absolute Gasteiger partial charge is 0.197 e. The Morgan fingerprint density at radius 3 is 1.94 bits per heavy atom. The minimum Gasteiger partial charge on any atom is -0.327 e. The van der Waals surface area contributed by atoms with Gasteiger partial charge in [-0.1, -0.05) is 54.6 Å². The predicted molar refractivity (Wildman–Crippen MR) is 140 cm³/mol. The maximum absolute atomic E-state index is 13.3. The molecule has 0 aliphatic heterocycles. The number of nitrogens with zero attached hydrogens (tertiary/aromatic N) is 3. The quantitative estimate of drug-likeness (QED) is 0.226. The number of aryl methyl sites for hydroxylation is 1. The van der Waals surface area contributed by atoms with E-state index >= 15 is 0 Å². The summed E-state index contributed by atoms with van der Waals surface area (Å²) < 4.78 is 4.18. The lowest BCUT2D eigenvalue weighted by atomic mass is 10.0. The van der Waals surface area contributed by atoms with Crippen LogP contribution in [0.3, 0.4) is 0 Å². The van der Waals surface area contributed by atoms with Crippen LogP contribution in [0, 0.1) is 0 Å². The number of fused-ring (bicyclic) bond motifs is 3. The average Bonchev–Trinajstić information content (AvgIpc) is 3.43. The van der Waals surface area contributed by atoms with E-state index in [4.69, 9.17) is 4.98 Å². The Kier molecular flexibility index (Phi) is 4.49. The second-order valence-corrected chi connectivity index (χ2v) is 10.1. The highest BCUT2D eigenvalue weighted by Gasteiger charge is 2.34. The highest BCUT2D eigenvalue weighted by atomic mass is 16.2. The van der Waals surface area contributed by atoms with E-state index in [-0.39, 0.29) is 22.7 Å². The number of rotatable bonds is 2. The number of benzene rings is 3. The molecule has 0 saturated carbocycles. The number of imidazole rings is 1. The van der Waals surface area contributed by atoms with E-state index in [1.54, 1.807) is 6.08 Å². The summed E-state index contributed by atoms with van der Waals surface area (Å²) >= 11 is 0. The molecular formula is C30H25N3O2. The van der Waals surface area contributed by atoms with Gasteiger partial charge in [0.25, 0.3) is 0 Å². The molecule has 1 aliphatic carbocycles. The highest BCUT2D eigenvalue weighted by Crippen LogP contribution is 2.35. The van der Waals surface area contributed by atoms with Crippen LogP contribution in [-0.4, -0.2) is 25.7 Å². The maximum atomic E-state index is 13.3. The zero-order chi connectivity index (χ0) is 24.5. The van der Waals surface area contributed by atoms with Crippen molar-refractivity contribution in [3.05, 3.63) is 95.3 Å². The second-order valence-electron chi connectivity index (χ2n) is 10.1. The Morgan fingerprint density at radius 2 is 1.37 bits per heavy atom. The van der Waals surface area contributed by atoms with Crippen LogP contribution in [0.5, 0.6) is 0 Å². The molecule has 5 nitrogen and oxygen atoms in total. The van der Waals surface area contributed by atoms with Crippen LogP contribution < -0.4 is 0 Å². The zero-order valence-electron chi connectivity index (χ0n) is 20.2. The van der Waals surface area contributed by atoms with Crippen LogP contribution in [-0.2, 0) is 12.6 Å². The molecular weight excluding hydrogens is 434 g/mol. The summed E-state index contributed by atoms with van der Waals surface area (Å²) in [6.07, 6.45) is 1.67. The summed E-state index contributed by atoms with van der Waals surface area (Å²) in [4.78, 5) is 31.6. The summed E-state index contributed by atoms with van der Waals surface area (Å²) in [7, 11) is 1.99. The number of aromatic nitrogens is 3. The van der Waals surface area contributed by atoms with Crippen molar-refractivity contribution < 1.29 is 9.59 Å². The van der Waals surface area contributed by atoms with Crippen LogP contribution in [0.4, 0.5) is 0 Å². The fraction of sp³-hybridized carbons (Fsp3) is 0.167. The van der Waals surface area contributed by atoms with Crippen molar-refractivity contribution in [3.8, 4) is 11.3 Å². The fourth-order valence-electron chi connectivity index (χ4n) is 5.11. The van der Waals surface area contributed by atoms with E-state index in [0.29, 0.717) is 17.0 Å². The van der Waals surface area contributed by atoms with Gasteiger partial charge in [-0.15, -0.1) is 0 Å². The number of hydrogen-bond acceptors (Lipinski definition) is 3. The summed E-state index contributed by atoms with van der Waals surface area (Å²) in [5.41, 5.74) is 4.72. The van der Waals surface area contributed by atoms with Gasteiger partial charge < -0.3 is 9.13 Å². The third-order valence-corrected chi connectivity index (χ3v) is 6.75. The minimum absolute atomic E-state index is 0.166. The molecule has 0 atom stereocenters. The Labute approximate surface area is 203 Å². The van der Waals surface area contributed by atoms with E-state index in [1.807, 2.05) is 61.6 Å². The van der Waals surface area contributed by atoms with Gasteiger partial charge >= 0.3 is 0 Å². The molecule has 2 heterocycles. The lowest BCUT2D eigenvalue weighted by Gasteiger charge is -2.23. The van der Waals surface area contributed by atoms with Gasteiger partial charge in [0.2, 0.25) is 0 Å². The van der Waals surface area contributed by atoms with Crippen molar-refractivity contribution in [3.63, 3.8) is 0 Å². The fourth-order valence-corrected chi connectivity index (χ4v) is 5.11. The average molecular weight is 460 g/mol. The molecule has 6 rings (SSSR count). The molecule has 5 heteroatoms. The largest absolute Gasteiger partial charge is 0.327 e. The summed E-state index contributed by atoms with van der Waals surface area (Å²) in [5.74, 6) is 0.119. The van der Waals surface area contributed by atoms with Crippen molar-refractivity contribution in [2.45, 2.75) is 26.3 Å². The second kappa shape index (κ2) is 7.37. The third-order valence-electron chi connectivity index (χ3n) is 6.75. The van der Waals surface area contributed by atoms with Gasteiger partial charge in [-0.05, 0) is 61.4 Å². The van der Waals surface area contributed by atoms with Crippen LogP contribution in [0.25, 0.3) is 39.3 Å². The topological polar surface area (TPSA) is 56.9 Å². The molecule has 0 amide bonds. The minimum atomic E-state index is -0.317. The number of ketones is 2. The SMILES string of the molecule is Cn1c(-c2ccccc2)cc2c1nc(C=C1C(=O)c3cc4ccccc4cc3C1=O)n2C(C)(C)C. The number of allylic oxidation sites excluding steroid dienone is 1. The Balaban J connectivity index is 1.53. The summed E-state index contributed by atoms with van der Waals surface area (Å²) in [6, 6.07) is 23.8. The monoisotopic (exact) mass is 459 g/mol. The number of carbonyl (C=O) groups is 2. The van der Waals surface area contributed by atoms with E-state index in [9.17, 15) is 9.59 Å². The molecule has 0 fully saturated rings. The molecule has 5 aromatic rings. The van der Waals surface area contributed by atoms with E-state index in [1.165, 1.54) is 0 Å². The van der Waals surface area contributed by atoms with Crippen LogP contribution in [0.15, 0.2) is 78.4 Å². The van der Waals surface area contributed by atoms with E-state index < -0.39 is 0 Å². The molecule has 0 N–H and O–H groups in total. The Bertz CT molecular complexity index is 1650. The molecule has 0 radical (unpaired) electrons. The molecule has 2 aromatic heterocycles. The number of carbonyl (C=O) groups excluding carboxylic acids is 2. The van der Waals surface area contributed by atoms with Gasteiger partial charge in [0.1, 0.15) is 5.82 Å². The van der Waals surface area contributed by atoms with Crippen LogP contribution >= 0.6 is 0 Å². The first-order valence-corrected chi connectivity index (χ1v) is 11.7. The lowest BCUT2D eigenvalue weighted by Crippen LogP contribution is -2.23. The van der Waals surface area contributed by atoms with Gasteiger partial charge in [0.15, 0.2) is 17.2 Å². The van der Waals surface area contributed by atoms with Gasteiger partial charge in [-0.25, -0.2) is 4.98 Å². The standard InChI is InChI=1S/C30H25N3O2/c1-30(2,3)33-25-17-24(18-10-6-5-7-11-18)32(4)29(25)31-26(33)16-23-27(34)21-14-19-12-8-9-13-20(19)15-22(21)28(23)35/h5-17H,1-4H3. The van der Waals surface area contributed by atoms with Crippen molar-refractivity contribution in [2.24, 2.45) is 7.05 Å². The zero-order valence-corrected chi connectivity index (χ0v) is 20.2. The van der Waals surface area contributed by atoms with Gasteiger partial charge in [0.05, 0.1) is 16.8 Å². The van der Waals surface area contributed by atoms with Gasteiger partial charge in [-0.2, -0.15) is 0 Å². The molecule has 0 unspecified atom stereocenters. The first kappa shape index (κ1) is 21.3. The number of Topliss-reactive ketones (excluding diaryl/α,β-unsaturated/α-hetero) is 2. The molecule has 172 valence electrons. The maximum Gasteiger partial charge on any atom is 0.197 e. The highest BCUT2D eigenvalue weighted by molar-refractivity contribution is 6.42. The normalized spacial score (nSPS) is 13.8. The first-order chi connectivity index (χ1) is 16.7. The lowest BCUT2D eigenvalue weighted by molar-refractivity contribution is 0.0990. The van der Waals surface area contributed by atoms with Crippen molar-refractivity contribution in [1.29, 1.82) is 0 Å². The van der Waals surface area contributed by atoms with E-state index in [0.717, 1.165) is 33.2 Å². The van der Waals surface area contributed by atoms with Crippen molar-refractivity contribution in [2.75, 3.05) is 0 Å². The summed E-state index contributed by atoms with van der Waals surface area (Å²) in [6.45, 7) is 6.31. The molecule has 0 bridgehead atoms. The molecule has 35 heavy (non-hydrogen) atoms. The molecule has 0 spiro atoms. The first-order valence-electron chi connectivity index (χ1n) is 11.7. The molecule has 1 aliphatic rings. The summed E-state index contributed by atoms with van der Waals surface area (Å²) in [5, 5.41) is 1.90. The van der Waals surface area contributed by atoms with Crippen molar-refractivity contribution >= 4 is 39.6 Å². The Morgan fingerprint density at radius 1 is 0.800 bits per heavy atom. The van der Waals surface area contributed by atoms with E-state index in [2.05, 4.69) is 48.1 Å². The van der Waals surface area contributed by atoms with Crippen molar-refractivity contribution in [1.82, 2.24) is 14.1 Å². The van der Waals surface area contributed by atoms with Gasteiger partial charge in [-0.3, -0.25) is 9.59 Å². The third kappa shape index (κ3) is 3.19. The van der Waals surface area contributed by atoms with Crippen LogP contribution in [0.1, 0.15) is 47.3 Å².